The molecule has 2 aliphatic rings. The zero-order chi connectivity index (χ0) is 16.0. The molecular weight excluding hydrogens is 314 g/mol. The highest BCUT2D eigenvalue weighted by Crippen LogP contribution is 2.40. The molecule has 0 bridgehead atoms. The van der Waals surface area contributed by atoms with Crippen LogP contribution in [-0.4, -0.2) is 43.4 Å². The SMILES string of the molecule is O=C(O)C1CC2CCCCC2N1C(=O)Cc1csc2nccn12. The number of thiazole rings is 1. The predicted octanol–water partition coefficient (Wildman–Crippen LogP) is 2.18. The maximum absolute atomic E-state index is 12.9. The Bertz CT molecular complexity index is 753. The number of carboxylic acids is 1. The van der Waals surface area contributed by atoms with Gasteiger partial charge in [-0.15, -0.1) is 11.3 Å². The van der Waals surface area contributed by atoms with E-state index in [2.05, 4.69) is 4.98 Å². The van der Waals surface area contributed by atoms with Crippen LogP contribution in [0.1, 0.15) is 37.8 Å². The molecule has 0 radical (unpaired) electrons. The summed E-state index contributed by atoms with van der Waals surface area (Å²) in [7, 11) is 0. The summed E-state index contributed by atoms with van der Waals surface area (Å²) in [5, 5.41) is 11.5. The van der Waals surface area contributed by atoms with Crippen LogP contribution in [0.4, 0.5) is 0 Å². The van der Waals surface area contributed by atoms with E-state index < -0.39 is 12.0 Å². The molecule has 2 aromatic heterocycles. The second-order valence-electron chi connectivity index (χ2n) is 6.49. The molecule has 1 amide bonds. The minimum absolute atomic E-state index is 0.0693. The van der Waals surface area contributed by atoms with Crippen LogP contribution in [0.3, 0.4) is 0 Å². The number of rotatable bonds is 3. The van der Waals surface area contributed by atoms with Crippen LogP contribution in [0, 0.1) is 5.92 Å². The van der Waals surface area contributed by atoms with Gasteiger partial charge in [0.15, 0.2) is 4.96 Å². The zero-order valence-electron chi connectivity index (χ0n) is 12.7. The average molecular weight is 333 g/mol. The van der Waals surface area contributed by atoms with Crippen molar-refractivity contribution in [2.75, 3.05) is 0 Å². The van der Waals surface area contributed by atoms with Crippen molar-refractivity contribution in [3.63, 3.8) is 0 Å². The molecule has 1 saturated carbocycles. The number of hydrogen-bond acceptors (Lipinski definition) is 4. The number of imidazole rings is 1. The molecular formula is C16H19N3O3S. The Labute approximate surface area is 137 Å². The van der Waals surface area contributed by atoms with Gasteiger partial charge in [0.2, 0.25) is 5.91 Å². The summed E-state index contributed by atoms with van der Waals surface area (Å²) in [5.41, 5.74) is 0.885. The van der Waals surface area contributed by atoms with Crippen LogP contribution < -0.4 is 0 Å². The Balaban J connectivity index is 1.60. The first-order valence-corrected chi connectivity index (χ1v) is 8.96. The van der Waals surface area contributed by atoms with Crippen LogP contribution >= 0.6 is 11.3 Å². The van der Waals surface area contributed by atoms with Gasteiger partial charge < -0.3 is 10.0 Å². The summed E-state index contributed by atoms with van der Waals surface area (Å²) in [5.74, 6) is -0.587. The first kappa shape index (κ1) is 14.7. The van der Waals surface area contributed by atoms with Gasteiger partial charge in [-0.1, -0.05) is 12.8 Å². The van der Waals surface area contributed by atoms with Crippen molar-refractivity contribution >= 4 is 28.2 Å². The summed E-state index contributed by atoms with van der Waals surface area (Å²) in [6.45, 7) is 0. The third-order valence-electron chi connectivity index (χ3n) is 5.21. The van der Waals surface area contributed by atoms with Crippen molar-refractivity contribution in [1.29, 1.82) is 0 Å². The van der Waals surface area contributed by atoms with Crippen molar-refractivity contribution in [3.8, 4) is 0 Å². The van der Waals surface area contributed by atoms with E-state index in [9.17, 15) is 14.7 Å². The highest BCUT2D eigenvalue weighted by atomic mass is 32.1. The van der Waals surface area contributed by atoms with Gasteiger partial charge in [-0.2, -0.15) is 0 Å². The molecule has 2 aromatic rings. The van der Waals surface area contributed by atoms with Crippen molar-refractivity contribution < 1.29 is 14.7 Å². The van der Waals surface area contributed by atoms with Gasteiger partial charge in [-0.05, 0) is 25.2 Å². The number of likely N-dealkylation sites (tertiary alicyclic amines) is 1. The first-order chi connectivity index (χ1) is 11.1. The van der Waals surface area contributed by atoms with Gasteiger partial charge in [0.05, 0.1) is 6.42 Å². The molecule has 0 spiro atoms. The third kappa shape index (κ3) is 2.43. The number of aromatic nitrogens is 2. The van der Waals surface area contributed by atoms with Crippen LogP contribution in [0.15, 0.2) is 17.8 Å². The van der Waals surface area contributed by atoms with E-state index in [1.165, 1.54) is 11.3 Å². The fraction of sp³-hybridized carbons (Fsp3) is 0.562. The number of aliphatic carboxylic acids is 1. The Morgan fingerprint density at radius 2 is 2.17 bits per heavy atom. The normalized spacial score (nSPS) is 27.3. The van der Waals surface area contributed by atoms with Crippen LogP contribution in [0.2, 0.25) is 0 Å². The standard InChI is InChI=1S/C16H19N3O3S/c20-14(8-11-9-23-16-17-5-6-18(11)16)19-12-4-2-1-3-10(12)7-13(19)15(21)22/h5-6,9-10,12-13H,1-4,7-8H2,(H,21,22). The van der Waals surface area contributed by atoms with Crippen LogP contribution in [0.5, 0.6) is 0 Å². The van der Waals surface area contributed by atoms with Crippen molar-refractivity contribution in [2.45, 2.75) is 50.6 Å². The largest absolute Gasteiger partial charge is 0.480 e. The Hall–Kier alpha value is -1.89. The highest BCUT2D eigenvalue weighted by molar-refractivity contribution is 7.15. The zero-order valence-corrected chi connectivity index (χ0v) is 13.5. The molecule has 3 atom stereocenters. The lowest BCUT2D eigenvalue weighted by molar-refractivity contribution is -0.149. The fourth-order valence-corrected chi connectivity index (χ4v) is 5.04. The summed E-state index contributed by atoms with van der Waals surface area (Å²) >= 11 is 1.50. The van der Waals surface area contributed by atoms with Crippen LogP contribution in [-0.2, 0) is 16.0 Å². The second kappa shape index (κ2) is 5.63. The fourth-order valence-electron chi connectivity index (χ4n) is 4.19. The van der Waals surface area contributed by atoms with E-state index in [4.69, 9.17) is 0 Å². The van der Waals surface area contributed by atoms with Crippen molar-refractivity contribution in [1.82, 2.24) is 14.3 Å². The molecule has 3 unspecified atom stereocenters. The van der Waals surface area contributed by atoms with Gasteiger partial charge in [0.25, 0.3) is 0 Å². The summed E-state index contributed by atoms with van der Waals surface area (Å²) in [6.07, 6.45) is 8.62. The maximum atomic E-state index is 12.9. The number of amides is 1. The van der Waals surface area contributed by atoms with E-state index in [0.29, 0.717) is 12.3 Å². The average Bonchev–Trinajstić information content (AvgIpc) is 3.21. The maximum Gasteiger partial charge on any atom is 0.326 e. The molecule has 122 valence electrons. The number of carboxylic acid groups (broad SMARTS) is 1. The number of hydrogen-bond donors (Lipinski definition) is 1. The molecule has 4 rings (SSSR count). The lowest BCUT2D eigenvalue weighted by Gasteiger charge is -2.33. The van der Waals surface area contributed by atoms with E-state index in [1.54, 1.807) is 11.1 Å². The monoisotopic (exact) mass is 333 g/mol. The topological polar surface area (TPSA) is 74.9 Å². The van der Waals surface area contributed by atoms with E-state index in [1.807, 2.05) is 16.0 Å². The van der Waals surface area contributed by atoms with Crippen LogP contribution in [0.25, 0.3) is 4.96 Å². The molecule has 6 nitrogen and oxygen atoms in total. The third-order valence-corrected chi connectivity index (χ3v) is 6.11. The Morgan fingerprint density at radius 1 is 1.35 bits per heavy atom. The molecule has 3 heterocycles. The molecule has 2 fully saturated rings. The summed E-state index contributed by atoms with van der Waals surface area (Å²) in [6, 6.07) is -0.554. The van der Waals surface area contributed by atoms with Gasteiger partial charge in [0.1, 0.15) is 6.04 Å². The van der Waals surface area contributed by atoms with E-state index >= 15 is 0 Å². The first-order valence-electron chi connectivity index (χ1n) is 8.08. The molecule has 7 heteroatoms. The Morgan fingerprint density at radius 3 is 3.00 bits per heavy atom. The molecule has 1 saturated heterocycles. The predicted molar refractivity (Wildman–Crippen MR) is 85.4 cm³/mol. The molecule has 23 heavy (non-hydrogen) atoms. The van der Waals surface area contributed by atoms with Crippen molar-refractivity contribution in [2.24, 2.45) is 5.92 Å². The van der Waals surface area contributed by atoms with Gasteiger partial charge in [0, 0.05) is 29.5 Å². The summed E-state index contributed by atoms with van der Waals surface area (Å²) < 4.78 is 1.91. The smallest absolute Gasteiger partial charge is 0.326 e. The lowest BCUT2D eigenvalue weighted by atomic mass is 9.84. The second-order valence-corrected chi connectivity index (χ2v) is 7.32. The number of carbonyl (C=O) groups excluding carboxylic acids is 1. The van der Waals surface area contributed by atoms with E-state index in [-0.39, 0.29) is 18.4 Å². The molecule has 1 aliphatic heterocycles. The minimum Gasteiger partial charge on any atom is -0.480 e. The van der Waals surface area contributed by atoms with Gasteiger partial charge in [-0.3, -0.25) is 9.20 Å². The molecule has 0 aromatic carbocycles. The van der Waals surface area contributed by atoms with Gasteiger partial charge in [-0.25, -0.2) is 9.78 Å². The number of nitrogens with zero attached hydrogens (tertiary/aromatic N) is 3. The minimum atomic E-state index is -0.870. The summed E-state index contributed by atoms with van der Waals surface area (Å²) in [4.78, 5) is 31.3. The number of carbonyl (C=O) groups is 2. The quantitative estimate of drug-likeness (QED) is 0.934. The Kier molecular flexibility index (Phi) is 3.60. The van der Waals surface area contributed by atoms with Gasteiger partial charge >= 0.3 is 5.97 Å². The lowest BCUT2D eigenvalue weighted by Crippen LogP contribution is -2.47. The highest BCUT2D eigenvalue weighted by Gasteiger charge is 2.47. The molecule has 1 aliphatic carbocycles. The number of fused-ring (bicyclic) bond motifs is 2. The molecule has 1 N–H and O–H groups in total. The van der Waals surface area contributed by atoms with E-state index in [0.717, 1.165) is 36.3 Å². The van der Waals surface area contributed by atoms with Crippen molar-refractivity contribution in [3.05, 3.63) is 23.5 Å².